The van der Waals surface area contributed by atoms with E-state index in [0.29, 0.717) is 10.7 Å². The van der Waals surface area contributed by atoms with Crippen LogP contribution >= 0.6 is 11.3 Å². The van der Waals surface area contributed by atoms with Gasteiger partial charge in [0.2, 0.25) is 0 Å². The van der Waals surface area contributed by atoms with Crippen LogP contribution in [-0.2, 0) is 5.41 Å². The Bertz CT molecular complexity index is 934. The largest absolute Gasteiger partial charge is 0.390 e. The highest BCUT2D eigenvalue weighted by Crippen LogP contribution is 2.50. The van der Waals surface area contributed by atoms with E-state index in [4.69, 9.17) is 11.1 Å². The van der Waals surface area contributed by atoms with Gasteiger partial charge in [0.05, 0.1) is 10.7 Å². The summed E-state index contributed by atoms with van der Waals surface area (Å²) < 4.78 is 0. The zero-order chi connectivity index (χ0) is 16.2. The van der Waals surface area contributed by atoms with E-state index in [1.807, 2.05) is 23.6 Å². The van der Waals surface area contributed by atoms with Crippen LogP contribution in [-0.4, -0.2) is 5.71 Å². The average molecular weight is 318 g/mol. The molecule has 1 aliphatic carbocycles. The number of nitrogens with two attached hydrogens (primary N) is 1. The molecule has 0 aliphatic heterocycles. The van der Waals surface area contributed by atoms with Crippen LogP contribution in [0.1, 0.15) is 36.1 Å². The number of benzene rings is 2. The zero-order valence-electron chi connectivity index (χ0n) is 13.2. The number of nitrogens with one attached hydrogen (secondary N) is 1. The van der Waals surface area contributed by atoms with Gasteiger partial charge in [-0.2, -0.15) is 0 Å². The molecule has 3 heteroatoms. The molecule has 114 valence electrons. The SMILES string of the molecule is CC1(C)c2ccccc2-c2cccc(C(=N)c3ccsc3N)c21. The maximum Gasteiger partial charge on any atom is 0.0951 e. The minimum atomic E-state index is -0.112. The molecule has 0 radical (unpaired) electrons. The second-order valence-electron chi connectivity index (χ2n) is 6.47. The molecule has 2 aromatic carbocycles. The molecule has 0 saturated heterocycles. The maximum absolute atomic E-state index is 8.71. The van der Waals surface area contributed by atoms with Gasteiger partial charge in [-0.1, -0.05) is 56.3 Å². The molecule has 0 unspecified atom stereocenters. The first-order valence-electron chi connectivity index (χ1n) is 7.67. The highest BCUT2D eigenvalue weighted by atomic mass is 32.1. The van der Waals surface area contributed by atoms with Gasteiger partial charge >= 0.3 is 0 Å². The zero-order valence-corrected chi connectivity index (χ0v) is 14.0. The molecule has 1 aromatic heterocycles. The van der Waals surface area contributed by atoms with Crippen LogP contribution in [0, 0.1) is 5.41 Å². The third-order valence-electron chi connectivity index (χ3n) is 4.81. The van der Waals surface area contributed by atoms with Crippen LogP contribution < -0.4 is 5.73 Å². The Morgan fingerprint density at radius 3 is 2.43 bits per heavy atom. The van der Waals surface area contributed by atoms with Crippen molar-refractivity contribution >= 4 is 22.0 Å². The molecule has 0 bridgehead atoms. The fraction of sp³-hybridized carbons (Fsp3) is 0.150. The Labute approximate surface area is 140 Å². The van der Waals surface area contributed by atoms with Crippen molar-refractivity contribution in [3.05, 3.63) is 76.2 Å². The van der Waals surface area contributed by atoms with E-state index < -0.39 is 0 Å². The highest BCUT2D eigenvalue weighted by molar-refractivity contribution is 7.14. The minimum Gasteiger partial charge on any atom is -0.390 e. The molecule has 0 fully saturated rings. The van der Waals surface area contributed by atoms with Crippen molar-refractivity contribution in [2.75, 3.05) is 5.73 Å². The summed E-state index contributed by atoms with van der Waals surface area (Å²) in [5.41, 5.74) is 13.3. The highest BCUT2D eigenvalue weighted by Gasteiger charge is 2.37. The van der Waals surface area contributed by atoms with Crippen LogP contribution in [0.2, 0.25) is 0 Å². The molecule has 1 aliphatic rings. The summed E-state index contributed by atoms with van der Waals surface area (Å²) in [6.45, 7) is 4.48. The van der Waals surface area contributed by atoms with Crippen molar-refractivity contribution in [3.63, 3.8) is 0 Å². The molecule has 0 saturated carbocycles. The number of hydrogen-bond acceptors (Lipinski definition) is 3. The van der Waals surface area contributed by atoms with Crippen molar-refractivity contribution in [3.8, 4) is 11.1 Å². The molecule has 3 N–H and O–H groups in total. The van der Waals surface area contributed by atoms with Gasteiger partial charge in [0.15, 0.2) is 0 Å². The Morgan fingerprint density at radius 2 is 1.70 bits per heavy atom. The fourth-order valence-corrected chi connectivity index (χ4v) is 4.38. The summed E-state index contributed by atoms with van der Waals surface area (Å²) in [5.74, 6) is 0. The van der Waals surface area contributed by atoms with Crippen molar-refractivity contribution in [2.24, 2.45) is 0 Å². The van der Waals surface area contributed by atoms with Gasteiger partial charge in [0, 0.05) is 16.5 Å². The minimum absolute atomic E-state index is 0.112. The van der Waals surface area contributed by atoms with Crippen LogP contribution in [0.3, 0.4) is 0 Å². The van der Waals surface area contributed by atoms with Gasteiger partial charge in [-0.3, -0.25) is 5.41 Å². The van der Waals surface area contributed by atoms with Crippen molar-refractivity contribution < 1.29 is 0 Å². The summed E-state index contributed by atoms with van der Waals surface area (Å²) in [4.78, 5) is 0. The van der Waals surface area contributed by atoms with Crippen LogP contribution in [0.5, 0.6) is 0 Å². The normalized spacial score (nSPS) is 14.3. The second-order valence-corrected chi connectivity index (χ2v) is 7.42. The molecule has 1 heterocycles. The fourth-order valence-electron chi connectivity index (χ4n) is 3.73. The van der Waals surface area contributed by atoms with Crippen LogP contribution in [0.25, 0.3) is 11.1 Å². The molecule has 4 rings (SSSR count). The lowest BCUT2D eigenvalue weighted by molar-refractivity contribution is 0.659. The summed E-state index contributed by atoms with van der Waals surface area (Å²) in [6, 6.07) is 16.7. The molecule has 0 atom stereocenters. The Balaban J connectivity index is 1.98. The van der Waals surface area contributed by atoms with Gasteiger partial charge in [-0.25, -0.2) is 0 Å². The first-order chi connectivity index (χ1) is 11.0. The lowest BCUT2D eigenvalue weighted by Crippen LogP contribution is -2.19. The van der Waals surface area contributed by atoms with E-state index in [1.165, 1.54) is 33.6 Å². The van der Waals surface area contributed by atoms with Gasteiger partial charge in [-0.15, -0.1) is 11.3 Å². The Kier molecular flexibility index (Phi) is 2.97. The first-order valence-corrected chi connectivity index (χ1v) is 8.55. The molecule has 23 heavy (non-hydrogen) atoms. The van der Waals surface area contributed by atoms with E-state index >= 15 is 0 Å². The first kappa shape index (κ1) is 14.2. The molecule has 0 spiro atoms. The third-order valence-corrected chi connectivity index (χ3v) is 5.56. The number of anilines is 1. The summed E-state index contributed by atoms with van der Waals surface area (Å²) in [5, 5.41) is 11.4. The quantitative estimate of drug-likeness (QED) is 0.638. The third kappa shape index (κ3) is 1.90. The topological polar surface area (TPSA) is 49.9 Å². The van der Waals surface area contributed by atoms with E-state index in [1.54, 1.807) is 0 Å². The lowest BCUT2D eigenvalue weighted by Gasteiger charge is -2.24. The number of nitrogen functional groups attached to an aromatic ring is 1. The van der Waals surface area contributed by atoms with Gasteiger partial charge < -0.3 is 5.73 Å². The average Bonchev–Trinajstić information content (AvgIpc) is 3.08. The summed E-state index contributed by atoms with van der Waals surface area (Å²) in [6.07, 6.45) is 0. The monoisotopic (exact) mass is 318 g/mol. The van der Waals surface area contributed by atoms with Gasteiger partial charge in [0.25, 0.3) is 0 Å². The van der Waals surface area contributed by atoms with E-state index in [9.17, 15) is 0 Å². The predicted molar refractivity (Wildman–Crippen MR) is 98.7 cm³/mol. The molecule has 3 aromatic rings. The van der Waals surface area contributed by atoms with Crippen molar-refractivity contribution in [2.45, 2.75) is 19.3 Å². The molecular formula is C20H18N2S. The van der Waals surface area contributed by atoms with Gasteiger partial charge in [-0.05, 0) is 33.7 Å². The van der Waals surface area contributed by atoms with Crippen LogP contribution in [0.4, 0.5) is 5.00 Å². The standard InChI is InChI=1S/C20H18N2S/c1-20(2)16-9-4-3-6-12(16)13-7-5-8-14(17(13)20)18(21)15-10-11-23-19(15)22/h3-11,21H,22H2,1-2H3. The molecule has 0 amide bonds. The number of fused-ring (bicyclic) bond motifs is 3. The summed E-state index contributed by atoms with van der Waals surface area (Å²) >= 11 is 1.48. The Hall–Kier alpha value is -2.39. The van der Waals surface area contributed by atoms with Gasteiger partial charge in [0.1, 0.15) is 0 Å². The number of thiophene rings is 1. The molecular weight excluding hydrogens is 300 g/mol. The van der Waals surface area contributed by atoms with Crippen LogP contribution in [0.15, 0.2) is 53.9 Å². The number of hydrogen-bond donors (Lipinski definition) is 2. The van der Waals surface area contributed by atoms with Crippen molar-refractivity contribution in [1.82, 2.24) is 0 Å². The second kappa shape index (κ2) is 4.80. The van der Waals surface area contributed by atoms with E-state index in [0.717, 1.165) is 11.1 Å². The molecule has 2 nitrogen and oxygen atoms in total. The van der Waals surface area contributed by atoms with Crippen molar-refractivity contribution in [1.29, 1.82) is 5.41 Å². The predicted octanol–water partition coefficient (Wildman–Crippen LogP) is 5.05. The Morgan fingerprint density at radius 1 is 0.957 bits per heavy atom. The lowest BCUT2D eigenvalue weighted by atomic mass is 9.79. The maximum atomic E-state index is 8.71. The van der Waals surface area contributed by atoms with E-state index in [2.05, 4.69) is 44.2 Å². The van der Waals surface area contributed by atoms with E-state index in [-0.39, 0.29) is 5.41 Å². The summed E-state index contributed by atoms with van der Waals surface area (Å²) in [7, 11) is 0. The number of rotatable bonds is 2. The smallest absolute Gasteiger partial charge is 0.0951 e.